The largest absolute Gasteiger partial charge is 0.337 e. The highest BCUT2D eigenvalue weighted by atomic mass is 35.5. The Labute approximate surface area is 133 Å². The third-order valence-corrected chi connectivity index (χ3v) is 4.25. The maximum atomic E-state index is 12.7. The summed E-state index contributed by atoms with van der Waals surface area (Å²) in [6.45, 7) is 11.2. The number of hydrogen-bond acceptors (Lipinski definition) is 3. The lowest BCUT2D eigenvalue weighted by molar-refractivity contribution is 0.0764. The predicted octanol–water partition coefficient (Wildman–Crippen LogP) is 2.26. The number of nitrogens with zero attached hydrogens (tertiary/aromatic N) is 3. The van der Waals surface area contributed by atoms with Crippen LogP contribution in [0.15, 0.2) is 6.07 Å². The van der Waals surface area contributed by atoms with Crippen LogP contribution in [0, 0.1) is 5.41 Å². The maximum absolute atomic E-state index is 12.7. The fraction of sp³-hybridized carbons (Fsp3) is 0.733. The van der Waals surface area contributed by atoms with Gasteiger partial charge in [-0.05, 0) is 37.3 Å². The number of amides is 1. The molecular formula is C15H27ClN4O. The number of aromatic nitrogens is 2. The van der Waals surface area contributed by atoms with E-state index < -0.39 is 0 Å². The molecule has 2 rings (SSSR count). The van der Waals surface area contributed by atoms with Crippen molar-refractivity contribution in [3.8, 4) is 0 Å². The summed E-state index contributed by atoms with van der Waals surface area (Å²) in [6.07, 6.45) is 0.979. The van der Waals surface area contributed by atoms with Crippen LogP contribution in [0.3, 0.4) is 0 Å². The van der Waals surface area contributed by atoms with Crippen molar-refractivity contribution in [2.45, 2.75) is 46.6 Å². The van der Waals surface area contributed by atoms with Crippen molar-refractivity contribution in [2.24, 2.45) is 11.1 Å². The molecule has 0 aromatic carbocycles. The number of aryl methyl sites for hydroxylation is 1. The second-order valence-corrected chi connectivity index (χ2v) is 6.42. The smallest absolute Gasteiger partial charge is 0.272 e. The van der Waals surface area contributed by atoms with Gasteiger partial charge in [0.2, 0.25) is 0 Å². The average Bonchev–Trinajstić information content (AvgIpc) is 3.02. The monoisotopic (exact) mass is 314 g/mol. The van der Waals surface area contributed by atoms with Crippen LogP contribution in [0.25, 0.3) is 0 Å². The summed E-state index contributed by atoms with van der Waals surface area (Å²) in [5, 5.41) is 4.52. The van der Waals surface area contributed by atoms with Crippen LogP contribution in [-0.2, 0) is 6.54 Å². The van der Waals surface area contributed by atoms with Crippen molar-refractivity contribution in [3.63, 3.8) is 0 Å². The SMILES string of the molecule is CCn1nc(C(C)C)cc1C(=O)N1CCC(C)(CN)C1.Cl. The summed E-state index contributed by atoms with van der Waals surface area (Å²) >= 11 is 0. The minimum atomic E-state index is 0. The van der Waals surface area contributed by atoms with Gasteiger partial charge in [-0.15, -0.1) is 12.4 Å². The first-order valence-electron chi connectivity index (χ1n) is 7.47. The molecule has 1 aromatic heterocycles. The molecule has 5 nitrogen and oxygen atoms in total. The molecule has 1 atom stereocenters. The number of carbonyl (C=O) groups excluding carboxylic acids is 1. The topological polar surface area (TPSA) is 64.2 Å². The van der Waals surface area contributed by atoms with E-state index >= 15 is 0 Å². The molecule has 6 heteroatoms. The Balaban J connectivity index is 0.00000220. The molecule has 1 saturated heterocycles. The molecule has 0 bridgehead atoms. The summed E-state index contributed by atoms with van der Waals surface area (Å²) in [5.41, 5.74) is 7.56. The van der Waals surface area contributed by atoms with Gasteiger partial charge in [-0.25, -0.2) is 0 Å². The molecule has 0 saturated carbocycles. The molecule has 1 amide bonds. The number of hydrogen-bond donors (Lipinski definition) is 1. The molecule has 0 spiro atoms. The van der Waals surface area contributed by atoms with Gasteiger partial charge < -0.3 is 10.6 Å². The highest BCUT2D eigenvalue weighted by molar-refractivity contribution is 5.93. The van der Waals surface area contributed by atoms with E-state index in [0.717, 1.165) is 31.7 Å². The summed E-state index contributed by atoms with van der Waals surface area (Å²) < 4.78 is 1.82. The van der Waals surface area contributed by atoms with E-state index in [9.17, 15) is 4.79 Å². The fourth-order valence-corrected chi connectivity index (χ4v) is 2.66. The molecule has 2 heterocycles. The molecule has 1 aliphatic heterocycles. The van der Waals surface area contributed by atoms with Gasteiger partial charge in [-0.2, -0.15) is 5.10 Å². The van der Waals surface area contributed by atoms with E-state index in [-0.39, 0.29) is 23.7 Å². The van der Waals surface area contributed by atoms with Crippen LogP contribution in [-0.4, -0.2) is 40.2 Å². The Morgan fingerprint density at radius 3 is 2.67 bits per heavy atom. The number of rotatable bonds is 4. The first-order chi connectivity index (χ1) is 9.40. The number of nitrogens with two attached hydrogens (primary N) is 1. The molecule has 0 radical (unpaired) electrons. The lowest BCUT2D eigenvalue weighted by Crippen LogP contribution is -2.35. The Hall–Kier alpha value is -1.07. The van der Waals surface area contributed by atoms with Crippen LogP contribution in [0.2, 0.25) is 0 Å². The second kappa shape index (κ2) is 6.79. The van der Waals surface area contributed by atoms with Gasteiger partial charge in [0.15, 0.2) is 0 Å². The zero-order valence-corrected chi connectivity index (χ0v) is 14.2. The van der Waals surface area contributed by atoms with Gasteiger partial charge in [-0.3, -0.25) is 9.48 Å². The van der Waals surface area contributed by atoms with Crippen LogP contribution in [0.5, 0.6) is 0 Å². The zero-order chi connectivity index (χ0) is 14.9. The van der Waals surface area contributed by atoms with Gasteiger partial charge in [0.05, 0.1) is 5.69 Å². The van der Waals surface area contributed by atoms with Crippen LogP contribution < -0.4 is 5.73 Å². The first kappa shape index (κ1) is 18.0. The molecule has 1 unspecified atom stereocenters. The minimum absolute atomic E-state index is 0. The van der Waals surface area contributed by atoms with Gasteiger partial charge in [0.1, 0.15) is 5.69 Å². The van der Waals surface area contributed by atoms with Crippen molar-refractivity contribution in [2.75, 3.05) is 19.6 Å². The van der Waals surface area contributed by atoms with Gasteiger partial charge in [0.25, 0.3) is 5.91 Å². The lowest BCUT2D eigenvalue weighted by atomic mass is 9.90. The molecule has 21 heavy (non-hydrogen) atoms. The lowest BCUT2D eigenvalue weighted by Gasteiger charge is -2.22. The molecular weight excluding hydrogens is 288 g/mol. The molecule has 0 aliphatic carbocycles. The van der Waals surface area contributed by atoms with E-state index in [1.165, 1.54) is 0 Å². The van der Waals surface area contributed by atoms with Crippen molar-refractivity contribution >= 4 is 18.3 Å². The van der Waals surface area contributed by atoms with Gasteiger partial charge in [-0.1, -0.05) is 20.8 Å². The standard InChI is InChI=1S/C15H26N4O.ClH/c1-5-19-13(8-12(17-19)11(2)3)14(20)18-7-6-15(4,9-16)10-18;/h8,11H,5-7,9-10,16H2,1-4H3;1H. The van der Waals surface area contributed by atoms with Gasteiger partial charge >= 0.3 is 0 Å². The minimum Gasteiger partial charge on any atom is -0.337 e. The van der Waals surface area contributed by atoms with E-state index in [4.69, 9.17) is 5.73 Å². The van der Waals surface area contributed by atoms with Crippen LogP contribution in [0.1, 0.15) is 56.2 Å². The fourth-order valence-electron chi connectivity index (χ4n) is 2.66. The number of carbonyl (C=O) groups is 1. The van der Waals surface area contributed by atoms with E-state index in [0.29, 0.717) is 18.2 Å². The van der Waals surface area contributed by atoms with E-state index in [1.807, 2.05) is 22.6 Å². The summed E-state index contributed by atoms with van der Waals surface area (Å²) in [7, 11) is 0. The quantitative estimate of drug-likeness (QED) is 0.927. The summed E-state index contributed by atoms with van der Waals surface area (Å²) in [6, 6.07) is 1.94. The second-order valence-electron chi connectivity index (χ2n) is 6.42. The molecule has 1 fully saturated rings. The van der Waals surface area contributed by atoms with E-state index in [2.05, 4.69) is 25.9 Å². The Morgan fingerprint density at radius 1 is 1.52 bits per heavy atom. The molecule has 1 aliphatic rings. The van der Waals surface area contributed by atoms with Crippen LogP contribution >= 0.6 is 12.4 Å². The normalized spacial score (nSPS) is 21.7. The third kappa shape index (κ3) is 3.58. The third-order valence-electron chi connectivity index (χ3n) is 4.25. The Bertz CT molecular complexity index is 500. The number of likely N-dealkylation sites (tertiary alicyclic amines) is 1. The molecule has 2 N–H and O–H groups in total. The van der Waals surface area contributed by atoms with Crippen molar-refractivity contribution < 1.29 is 4.79 Å². The van der Waals surface area contributed by atoms with Crippen molar-refractivity contribution in [3.05, 3.63) is 17.5 Å². The maximum Gasteiger partial charge on any atom is 0.272 e. The Kier molecular flexibility index (Phi) is 5.82. The van der Waals surface area contributed by atoms with Crippen molar-refractivity contribution in [1.82, 2.24) is 14.7 Å². The zero-order valence-electron chi connectivity index (χ0n) is 13.4. The first-order valence-corrected chi connectivity index (χ1v) is 7.47. The number of halogens is 1. The summed E-state index contributed by atoms with van der Waals surface area (Å²) in [4.78, 5) is 14.6. The predicted molar refractivity (Wildman–Crippen MR) is 86.9 cm³/mol. The van der Waals surface area contributed by atoms with Gasteiger partial charge in [0, 0.05) is 19.6 Å². The van der Waals surface area contributed by atoms with E-state index in [1.54, 1.807) is 0 Å². The molecule has 120 valence electrons. The molecule has 1 aromatic rings. The van der Waals surface area contributed by atoms with Crippen LogP contribution in [0.4, 0.5) is 0 Å². The Morgan fingerprint density at radius 2 is 2.19 bits per heavy atom. The highest BCUT2D eigenvalue weighted by Gasteiger charge is 2.36. The summed E-state index contributed by atoms with van der Waals surface area (Å²) in [5.74, 6) is 0.422. The highest BCUT2D eigenvalue weighted by Crippen LogP contribution is 2.29. The van der Waals surface area contributed by atoms with Crippen molar-refractivity contribution in [1.29, 1.82) is 0 Å². The average molecular weight is 315 g/mol.